The molecule has 0 aliphatic heterocycles. The van der Waals surface area contributed by atoms with Crippen LogP contribution >= 0.6 is 11.3 Å². The molecule has 2 aromatic carbocycles. The van der Waals surface area contributed by atoms with Gasteiger partial charge in [-0.15, -0.1) is 11.3 Å². The Morgan fingerprint density at radius 1 is 1.03 bits per heavy atom. The quantitative estimate of drug-likeness (QED) is 0.474. The topological polar surface area (TPSA) is 89.6 Å². The molecule has 2 amide bonds. The van der Waals surface area contributed by atoms with Crippen LogP contribution in [-0.2, 0) is 17.4 Å². The van der Waals surface area contributed by atoms with E-state index < -0.39 is 29.4 Å². The van der Waals surface area contributed by atoms with Gasteiger partial charge in [-0.05, 0) is 30.3 Å². The highest BCUT2D eigenvalue weighted by atomic mass is 32.1. The number of carbonyl (C=O) groups is 2. The summed E-state index contributed by atoms with van der Waals surface area (Å²) in [7, 11) is 2.90. The summed E-state index contributed by atoms with van der Waals surface area (Å²) in [5.41, 5.74) is -1.13. The first-order valence-corrected chi connectivity index (χ1v) is 10.1. The average molecular weight is 483 g/mol. The van der Waals surface area contributed by atoms with E-state index in [2.05, 4.69) is 15.6 Å². The number of nitrogens with one attached hydrogen (secondary N) is 2. The molecule has 0 saturated carbocycles. The van der Waals surface area contributed by atoms with E-state index in [1.165, 1.54) is 31.7 Å². The molecule has 3 rings (SSSR count). The molecule has 0 unspecified atom stereocenters. The number of hydrogen-bond donors (Lipinski definition) is 2. The molecule has 0 saturated heterocycles. The standard InChI is InChI=1S/C21H17F4N3O4S/c1-31-14-5-11(6-15(9-14)32-2)19(30)28-20-27-13(10-33-20)8-18(29)26-12-3-4-17(22)16(7-12)21(23,24)25/h3-7,9-10H,8H2,1-2H3,(H,26,29)(H,27,28,30). The predicted octanol–water partition coefficient (Wildman–Crippen LogP) is 4.75. The number of methoxy groups -OCH3 is 2. The van der Waals surface area contributed by atoms with Gasteiger partial charge in [0.25, 0.3) is 5.91 Å². The van der Waals surface area contributed by atoms with Crippen LogP contribution in [0.25, 0.3) is 0 Å². The van der Waals surface area contributed by atoms with Gasteiger partial charge in [-0.3, -0.25) is 14.9 Å². The molecule has 3 aromatic rings. The molecule has 7 nitrogen and oxygen atoms in total. The van der Waals surface area contributed by atoms with Gasteiger partial charge >= 0.3 is 6.18 Å². The lowest BCUT2D eigenvalue weighted by atomic mass is 10.1. The van der Waals surface area contributed by atoms with Gasteiger partial charge in [0, 0.05) is 22.7 Å². The highest BCUT2D eigenvalue weighted by Gasteiger charge is 2.34. The summed E-state index contributed by atoms with van der Waals surface area (Å²) in [6, 6.07) is 6.80. The molecule has 0 fully saturated rings. The van der Waals surface area contributed by atoms with Crippen molar-refractivity contribution in [3.63, 3.8) is 0 Å². The van der Waals surface area contributed by atoms with Crippen LogP contribution in [0.4, 0.5) is 28.4 Å². The first-order chi connectivity index (χ1) is 15.6. The number of halogens is 4. The summed E-state index contributed by atoms with van der Waals surface area (Å²) in [4.78, 5) is 28.8. The number of carbonyl (C=O) groups excluding carboxylic acids is 2. The van der Waals surface area contributed by atoms with Crippen molar-refractivity contribution in [2.45, 2.75) is 12.6 Å². The van der Waals surface area contributed by atoms with Gasteiger partial charge in [0.15, 0.2) is 5.13 Å². The SMILES string of the molecule is COc1cc(OC)cc(C(=O)Nc2nc(CC(=O)Nc3ccc(F)c(C(F)(F)F)c3)cs2)c1. The van der Waals surface area contributed by atoms with Crippen molar-refractivity contribution in [2.24, 2.45) is 0 Å². The summed E-state index contributed by atoms with van der Waals surface area (Å²) >= 11 is 1.06. The molecule has 0 radical (unpaired) electrons. The number of anilines is 2. The van der Waals surface area contributed by atoms with Crippen molar-refractivity contribution in [3.8, 4) is 11.5 Å². The van der Waals surface area contributed by atoms with Gasteiger partial charge in [0.2, 0.25) is 5.91 Å². The summed E-state index contributed by atoms with van der Waals surface area (Å²) in [5.74, 6) is -1.73. The molecule has 12 heteroatoms. The Labute approximate surface area is 189 Å². The van der Waals surface area contributed by atoms with Gasteiger partial charge in [-0.25, -0.2) is 9.37 Å². The predicted molar refractivity (Wildman–Crippen MR) is 113 cm³/mol. The molecule has 33 heavy (non-hydrogen) atoms. The fourth-order valence-corrected chi connectivity index (χ4v) is 3.45. The third kappa shape index (κ3) is 6.19. The van der Waals surface area contributed by atoms with E-state index in [0.717, 1.165) is 17.4 Å². The van der Waals surface area contributed by atoms with Crippen molar-refractivity contribution in [1.82, 2.24) is 4.98 Å². The van der Waals surface area contributed by atoms with Gasteiger partial charge in [0.05, 0.1) is 31.9 Å². The van der Waals surface area contributed by atoms with Crippen LogP contribution in [0.3, 0.4) is 0 Å². The fraction of sp³-hybridized carbons (Fsp3) is 0.190. The van der Waals surface area contributed by atoms with E-state index in [4.69, 9.17) is 9.47 Å². The lowest BCUT2D eigenvalue weighted by Gasteiger charge is -2.10. The van der Waals surface area contributed by atoms with E-state index in [-0.39, 0.29) is 28.5 Å². The number of benzene rings is 2. The van der Waals surface area contributed by atoms with Crippen LogP contribution in [0.5, 0.6) is 11.5 Å². The molecule has 1 heterocycles. The largest absolute Gasteiger partial charge is 0.497 e. The second kappa shape index (κ2) is 9.86. The first kappa shape index (κ1) is 24.0. The number of rotatable bonds is 7. The second-order valence-electron chi connectivity index (χ2n) is 6.62. The van der Waals surface area contributed by atoms with Crippen molar-refractivity contribution < 1.29 is 36.6 Å². The van der Waals surface area contributed by atoms with E-state index in [9.17, 15) is 27.2 Å². The number of ether oxygens (including phenoxy) is 2. The lowest BCUT2D eigenvalue weighted by Crippen LogP contribution is -2.16. The van der Waals surface area contributed by atoms with Crippen LogP contribution in [0, 0.1) is 5.82 Å². The van der Waals surface area contributed by atoms with Gasteiger partial charge in [-0.2, -0.15) is 13.2 Å². The number of nitrogens with zero attached hydrogens (tertiary/aromatic N) is 1. The molecule has 0 spiro atoms. The molecular weight excluding hydrogens is 466 g/mol. The van der Waals surface area contributed by atoms with E-state index >= 15 is 0 Å². The minimum Gasteiger partial charge on any atom is -0.497 e. The van der Waals surface area contributed by atoms with Crippen LogP contribution < -0.4 is 20.1 Å². The van der Waals surface area contributed by atoms with Crippen LogP contribution in [0.2, 0.25) is 0 Å². The maximum Gasteiger partial charge on any atom is 0.419 e. The average Bonchev–Trinajstić information content (AvgIpc) is 3.20. The molecule has 0 atom stereocenters. The summed E-state index contributed by atoms with van der Waals surface area (Å²) < 4.78 is 62.1. The van der Waals surface area contributed by atoms with E-state index in [1.807, 2.05) is 0 Å². The Hall–Kier alpha value is -3.67. The van der Waals surface area contributed by atoms with Crippen LogP contribution in [0.1, 0.15) is 21.6 Å². The summed E-state index contributed by atoms with van der Waals surface area (Å²) in [5, 5.41) is 6.60. The van der Waals surface area contributed by atoms with Gasteiger partial charge < -0.3 is 14.8 Å². The third-order valence-electron chi connectivity index (χ3n) is 4.28. The second-order valence-corrected chi connectivity index (χ2v) is 7.47. The minimum atomic E-state index is -4.89. The normalized spacial score (nSPS) is 11.1. The number of alkyl halides is 3. The Bertz CT molecular complexity index is 1160. The number of hydrogen-bond acceptors (Lipinski definition) is 6. The zero-order valence-electron chi connectivity index (χ0n) is 17.2. The molecule has 1 aromatic heterocycles. The number of aromatic nitrogens is 1. The van der Waals surface area contributed by atoms with E-state index in [0.29, 0.717) is 23.6 Å². The minimum absolute atomic E-state index is 0.204. The molecular formula is C21H17F4N3O4S. The molecule has 0 bridgehead atoms. The van der Waals surface area contributed by atoms with Crippen molar-refractivity contribution in [3.05, 3.63) is 64.4 Å². The van der Waals surface area contributed by atoms with Crippen LogP contribution in [-0.4, -0.2) is 31.0 Å². The van der Waals surface area contributed by atoms with Gasteiger partial charge in [-0.1, -0.05) is 0 Å². The molecule has 174 valence electrons. The summed E-state index contributed by atoms with van der Waals surface area (Å²) in [6.07, 6.45) is -5.16. The Morgan fingerprint density at radius 2 is 1.70 bits per heavy atom. The Morgan fingerprint density at radius 3 is 2.30 bits per heavy atom. The first-order valence-electron chi connectivity index (χ1n) is 9.24. The zero-order valence-corrected chi connectivity index (χ0v) is 18.1. The summed E-state index contributed by atoms with van der Waals surface area (Å²) in [6.45, 7) is 0. The third-order valence-corrected chi connectivity index (χ3v) is 5.09. The molecule has 0 aliphatic carbocycles. The highest BCUT2D eigenvalue weighted by Crippen LogP contribution is 2.33. The molecule has 0 aliphatic rings. The van der Waals surface area contributed by atoms with Crippen molar-refractivity contribution in [1.29, 1.82) is 0 Å². The highest BCUT2D eigenvalue weighted by molar-refractivity contribution is 7.14. The molecule has 2 N–H and O–H groups in total. The van der Waals surface area contributed by atoms with Crippen molar-refractivity contribution >= 4 is 34.0 Å². The smallest absolute Gasteiger partial charge is 0.419 e. The maximum atomic E-state index is 13.4. The maximum absolute atomic E-state index is 13.4. The van der Waals surface area contributed by atoms with Crippen LogP contribution in [0.15, 0.2) is 41.8 Å². The zero-order chi connectivity index (χ0) is 24.2. The monoisotopic (exact) mass is 483 g/mol. The Balaban J connectivity index is 1.64. The van der Waals surface area contributed by atoms with Crippen molar-refractivity contribution in [2.75, 3.05) is 24.9 Å². The Kier molecular flexibility index (Phi) is 7.16. The number of thiazole rings is 1. The lowest BCUT2D eigenvalue weighted by molar-refractivity contribution is -0.140. The fourth-order valence-electron chi connectivity index (χ4n) is 2.74. The van der Waals surface area contributed by atoms with E-state index in [1.54, 1.807) is 6.07 Å². The number of amides is 2. The van der Waals surface area contributed by atoms with Gasteiger partial charge in [0.1, 0.15) is 17.3 Å².